The van der Waals surface area contributed by atoms with Crippen LogP contribution >= 0.6 is 0 Å². The molecule has 0 radical (unpaired) electrons. The lowest BCUT2D eigenvalue weighted by atomic mass is 9.85. The van der Waals surface area contributed by atoms with E-state index in [1.807, 2.05) is 0 Å². The van der Waals surface area contributed by atoms with E-state index in [0.29, 0.717) is 5.78 Å². The van der Waals surface area contributed by atoms with Gasteiger partial charge in [-0.25, -0.2) is 0 Å². The fourth-order valence-corrected chi connectivity index (χ4v) is 3.44. The van der Waals surface area contributed by atoms with E-state index in [2.05, 4.69) is 31.2 Å². The number of benzene rings is 1. The Balaban J connectivity index is 1.72. The second kappa shape index (κ2) is 4.85. The first-order valence-electron chi connectivity index (χ1n) is 7.01. The van der Waals surface area contributed by atoms with Crippen molar-refractivity contribution in [1.29, 1.82) is 0 Å². The van der Waals surface area contributed by atoms with Crippen LogP contribution in [0.2, 0.25) is 0 Å². The molecule has 1 aromatic carbocycles. The molecule has 1 saturated heterocycles. The quantitative estimate of drug-likeness (QED) is 0.817. The Morgan fingerprint density at radius 3 is 2.56 bits per heavy atom. The zero-order valence-electron chi connectivity index (χ0n) is 10.9. The third-order valence-corrected chi connectivity index (χ3v) is 4.43. The molecule has 0 saturated carbocycles. The average Bonchev–Trinajstić information content (AvgIpc) is 3.03. The molecule has 0 spiro atoms. The van der Waals surface area contributed by atoms with Crippen LogP contribution in [0.4, 0.5) is 0 Å². The Hall–Kier alpha value is -1.15. The number of hydrogen-bond donors (Lipinski definition) is 0. The molecule has 18 heavy (non-hydrogen) atoms. The molecule has 1 heterocycles. The molecule has 96 valence electrons. The van der Waals surface area contributed by atoms with Crippen LogP contribution in [0.3, 0.4) is 0 Å². The Morgan fingerprint density at radius 1 is 1.28 bits per heavy atom. The molecule has 2 nitrogen and oxygen atoms in total. The number of ketones is 1. The lowest BCUT2D eigenvalue weighted by molar-refractivity contribution is -0.128. The van der Waals surface area contributed by atoms with Crippen molar-refractivity contribution in [2.24, 2.45) is 11.8 Å². The maximum Gasteiger partial charge on any atom is 0.142 e. The summed E-state index contributed by atoms with van der Waals surface area (Å²) in [5.41, 5.74) is 2.73. The minimum absolute atomic E-state index is 0.148. The Morgan fingerprint density at radius 2 is 1.94 bits per heavy atom. The summed E-state index contributed by atoms with van der Waals surface area (Å²) in [6, 6.07) is 8.45. The van der Waals surface area contributed by atoms with Crippen molar-refractivity contribution in [3.8, 4) is 0 Å². The van der Waals surface area contributed by atoms with Crippen LogP contribution in [0.5, 0.6) is 0 Å². The molecular weight excluding hydrogens is 224 g/mol. The van der Waals surface area contributed by atoms with Gasteiger partial charge < -0.3 is 4.74 Å². The Kier molecular flexibility index (Phi) is 3.21. The first-order chi connectivity index (χ1) is 8.79. The van der Waals surface area contributed by atoms with Crippen LogP contribution in [-0.2, 0) is 22.4 Å². The van der Waals surface area contributed by atoms with Crippen LogP contribution in [0.1, 0.15) is 30.9 Å². The maximum absolute atomic E-state index is 12.6. The fourth-order valence-electron chi connectivity index (χ4n) is 3.44. The average molecular weight is 244 g/mol. The highest BCUT2D eigenvalue weighted by molar-refractivity contribution is 5.85. The number of carbonyl (C=O) groups is 1. The second-order valence-electron chi connectivity index (χ2n) is 5.49. The number of fused-ring (bicyclic) bond motifs is 1. The number of hydrogen-bond acceptors (Lipinski definition) is 2. The first-order valence-corrected chi connectivity index (χ1v) is 7.01. The second-order valence-corrected chi connectivity index (χ2v) is 5.49. The number of carbonyl (C=O) groups excluding carboxylic acids is 1. The lowest BCUT2D eigenvalue weighted by Crippen LogP contribution is -2.30. The molecule has 0 amide bonds. The van der Waals surface area contributed by atoms with Gasteiger partial charge >= 0.3 is 0 Å². The molecule has 0 aromatic heterocycles. The normalized spacial score (nSPS) is 27.4. The molecule has 1 aliphatic carbocycles. The summed E-state index contributed by atoms with van der Waals surface area (Å²) in [5.74, 6) is 0.785. The van der Waals surface area contributed by atoms with E-state index in [1.165, 1.54) is 11.1 Å². The summed E-state index contributed by atoms with van der Waals surface area (Å²) in [6.07, 6.45) is 3.91. The van der Waals surface area contributed by atoms with Gasteiger partial charge in [-0.15, -0.1) is 0 Å². The molecule has 1 aromatic rings. The van der Waals surface area contributed by atoms with E-state index >= 15 is 0 Å². The van der Waals surface area contributed by atoms with Gasteiger partial charge in [0.2, 0.25) is 0 Å². The molecule has 3 rings (SSSR count). The number of Topliss-reactive ketones (excluding diaryl/α,β-unsaturated/α-hetero) is 1. The van der Waals surface area contributed by atoms with Crippen LogP contribution < -0.4 is 0 Å². The largest absolute Gasteiger partial charge is 0.377 e. The van der Waals surface area contributed by atoms with Crippen molar-refractivity contribution in [3.63, 3.8) is 0 Å². The van der Waals surface area contributed by atoms with Gasteiger partial charge in [0.1, 0.15) is 5.78 Å². The molecule has 2 atom stereocenters. The van der Waals surface area contributed by atoms with E-state index in [4.69, 9.17) is 4.74 Å². The lowest BCUT2D eigenvalue weighted by Gasteiger charge is -2.19. The van der Waals surface area contributed by atoms with Crippen molar-refractivity contribution in [1.82, 2.24) is 0 Å². The summed E-state index contributed by atoms with van der Waals surface area (Å²) in [6.45, 7) is 2.87. The van der Waals surface area contributed by atoms with E-state index in [-0.39, 0.29) is 17.9 Å². The summed E-state index contributed by atoms with van der Waals surface area (Å²) in [4.78, 5) is 12.6. The van der Waals surface area contributed by atoms with Gasteiger partial charge in [0.25, 0.3) is 0 Å². The van der Waals surface area contributed by atoms with Crippen molar-refractivity contribution in [2.45, 2.75) is 38.7 Å². The summed E-state index contributed by atoms with van der Waals surface area (Å²) in [7, 11) is 0. The highest BCUT2D eigenvalue weighted by atomic mass is 16.5. The van der Waals surface area contributed by atoms with E-state index in [0.717, 1.165) is 32.3 Å². The van der Waals surface area contributed by atoms with Crippen molar-refractivity contribution < 1.29 is 9.53 Å². The highest BCUT2D eigenvalue weighted by Crippen LogP contribution is 2.33. The molecule has 2 heteroatoms. The summed E-state index contributed by atoms with van der Waals surface area (Å²) >= 11 is 0. The monoisotopic (exact) mass is 244 g/mol. The SMILES string of the molecule is CCC1OCCC1C(=O)C1Cc2ccccc2C1. The molecule has 1 aliphatic heterocycles. The smallest absolute Gasteiger partial charge is 0.142 e. The maximum atomic E-state index is 12.6. The minimum Gasteiger partial charge on any atom is -0.377 e. The van der Waals surface area contributed by atoms with Crippen LogP contribution in [0, 0.1) is 11.8 Å². The number of rotatable bonds is 3. The van der Waals surface area contributed by atoms with Gasteiger partial charge in [-0.1, -0.05) is 31.2 Å². The third-order valence-electron chi connectivity index (χ3n) is 4.43. The predicted octanol–water partition coefficient (Wildman–Crippen LogP) is 2.79. The van der Waals surface area contributed by atoms with E-state index in [9.17, 15) is 4.79 Å². The van der Waals surface area contributed by atoms with Crippen molar-refractivity contribution in [3.05, 3.63) is 35.4 Å². The zero-order chi connectivity index (χ0) is 12.5. The molecule has 0 N–H and O–H groups in total. The van der Waals surface area contributed by atoms with Crippen LogP contribution in [-0.4, -0.2) is 18.5 Å². The Labute approximate surface area is 108 Å². The van der Waals surface area contributed by atoms with Gasteiger partial charge in [-0.2, -0.15) is 0 Å². The Bertz CT molecular complexity index is 427. The topological polar surface area (TPSA) is 26.3 Å². The van der Waals surface area contributed by atoms with Gasteiger partial charge in [-0.05, 0) is 36.8 Å². The van der Waals surface area contributed by atoms with Gasteiger partial charge in [0.05, 0.1) is 6.10 Å². The third kappa shape index (κ3) is 1.99. The number of ether oxygens (including phenoxy) is 1. The van der Waals surface area contributed by atoms with Crippen LogP contribution in [0.15, 0.2) is 24.3 Å². The van der Waals surface area contributed by atoms with E-state index in [1.54, 1.807) is 0 Å². The first kappa shape index (κ1) is 11.9. The van der Waals surface area contributed by atoms with E-state index < -0.39 is 0 Å². The van der Waals surface area contributed by atoms with Crippen molar-refractivity contribution >= 4 is 5.78 Å². The molecule has 2 unspecified atom stereocenters. The predicted molar refractivity (Wildman–Crippen MR) is 70.5 cm³/mol. The van der Waals surface area contributed by atoms with Gasteiger partial charge in [-0.3, -0.25) is 4.79 Å². The van der Waals surface area contributed by atoms with Gasteiger partial charge in [0, 0.05) is 18.4 Å². The molecular formula is C16H20O2. The molecule has 1 fully saturated rings. The summed E-state index contributed by atoms with van der Waals surface area (Å²) < 4.78 is 5.65. The van der Waals surface area contributed by atoms with Crippen LogP contribution in [0.25, 0.3) is 0 Å². The minimum atomic E-state index is 0.148. The van der Waals surface area contributed by atoms with Gasteiger partial charge in [0.15, 0.2) is 0 Å². The molecule has 2 aliphatic rings. The standard InChI is InChI=1S/C16H20O2/c1-2-15-14(7-8-18-15)16(17)13-9-11-5-3-4-6-12(11)10-13/h3-6,13-15H,2,7-10H2,1H3. The molecule has 0 bridgehead atoms. The van der Waals surface area contributed by atoms with Crippen molar-refractivity contribution in [2.75, 3.05) is 6.61 Å². The summed E-state index contributed by atoms with van der Waals surface area (Å²) in [5, 5.41) is 0. The fraction of sp³-hybridized carbons (Fsp3) is 0.562. The highest BCUT2D eigenvalue weighted by Gasteiger charge is 2.38. The zero-order valence-corrected chi connectivity index (χ0v) is 10.9.